The number of carbonyl (C=O) groups is 1. The second-order valence-electron chi connectivity index (χ2n) is 7.49. The Morgan fingerprint density at radius 2 is 1.84 bits per heavy atom. The number of thioether (sulfide) groups is 1. The van der Waals surface area contributed by atoms with E-state index in [0.717, 1.165) is 29.0 Å². The van der Waals surface area contributed by atoms with Gasteiger partial charge in [-0.3, -0.25) is 4.79 Å². The van der Waals surface area contributed by atoms with Crippen molar-refractivity contribution in [2.75, 3.05) is 5.32 Å². The highest BCUT2D eigenvalue weighted by molar-refractivity contribution is 8.05. The maximum absolute atomic E-state index is 12.5. The van der Waals surface area contributed by atoms with E-state index < -0.39 is 0 Å². The molecule has 0 saturated carbocycles. The number of para-hydroxylation sites is 1. The third kappa shape index (κ3) is 5.50. The quantitative estimate of drug-likeness (QED) is 0.470. The number of amides is 1. The third-order valence-electron chi connectivity index (χ3n) is 5.07. The van der Waals surface area contributed by atoms with Crippen LogP contribution in [-0.2, 0) is 17.8 Å². The van der Waals surface area contributed by atoms with Crippen LogP contribution in [-0.4, -0.2) is 11.4 Å². The number of nitrogens with one attached hydrogen (secondary N) is 2. The second-order valence-corrected chi connectivity index (χ2v) is 8.64. The molecule has 0 aliphatic carbocycles. The summed E-state index contributed by atoms with van der Waals surface area (Å²) in [6.45, 7) is 4.69. The molecule has 1 saturated heterocycles. The fraction of sp³-hybridized carbons (Fsp3) is 0.192. The topological polar surface area (TPSA) is 50.4 Å². The van der Waals surface area contributed by atoms with E-state index in [0.29, 0.717) is 11.5 Å². The standard InChI is InChI=1S/C26H26N2O2S/c1-3-19-11-13-22(14-12-19)27-26-28-25(29)24(31-26)16-21-9-4-5-10-23(21)30-17-20-8-6-7-18(2)15-20/h4-16,26-27H,3,17H2,1-2H3,(H,28,29)/b24-16-/t26-/m0/s1. The van der Waals surface area contributed by atoms with Crippen molar-refractivity contribution in [3.8, 4) is 5.75 Å². The monoisotopic (exact) mass is 430 g/mol. The molecule has 0 aromatic heterocycles. The molecule has 2 N–H and O–H groups in total. The van der Waals surface area contributed by atoms with Gasteiger partial charge in [-0.15, -0.1) is 0 Å². The second kappa shape index (κ2) is 9.75. The molecule has 0 spiro atoms. The van der Waals surface area contributed by atoms with Gasteiger partial charge in [0, 0.05) is 11.3 Å². The number of hydrogen-bond donors (Lipinski definition) is 2. The summed E-state index contributed by atoms with van der Waals surface area (Å²) in [4.78, 5) is 13.2. The summed E-state index contributed by atoms with van der Waals surface area (Å²) < 4.78 is 6.07. The van der Waals surface area contributed by atoms with Gasteiger partial charge < -0.3 is 15.4 Å². The van der Waals surface area contributed by atoms with Crippen LogP contribution in [0.1, 0.15) is 29.2 Å². The summed E-state index contributed by atoms with van der Waals surface area (Å²) in [5.74, 6) is 0.678. The normalized spacial score (nSPS) is 16.9. The van der Waals surface area contributed by atoms with Crippen molar-refractivity contribution >= 4 is 29.4 Å². The molecule has 3 aromatic rings. The van der Waals surface area contributed by atoms with E-state index in [4.69, 9.17) is 4.74 Å². The number of benzene rings is 3. The highest BCUT2D eigenvalue weighted by atomic mass is 32.2. The molecular formula is C26H26N2O2S. The first-order valence-corrected chi connectivity index (χ1v) is 11.3. The number of rotatable bonds is 7. The number of anilines is 1. The van der Waals surface area contributed by atoms with Gasteiger partial charge >= 0.3 is 0 Å². The van der Waals surface area contributed by atoms with Crippen molar-refractivity contribution in [2.24, 2.45) is 0 Å². The Labute approximate surface area is 187 Å². The van der Waals surface area contributed by atoms with Crippen LogP contribution in [0.2, 0.25) is 0 Å². The molecule has 1 atom stereocenters. The van der Waals surface area contributed by atoms with Crippen LogP contribution in [0.3, 0.4) is 0 Å². The molecule has 158 valence electrons. The Bertz CT molecular complexity index is 1090. The van der Waals surface area contributed by atoms with E-state index in [1.165, 1.54) is 22.9 Å². The Morgan fingerprint density at radius 1 is 1.03 bits per heavy atom. The summed E-state index contributed by atoms with van der Waals surface area (Å²) in [7, 11) is 0. The van der Waals surface area contributed by atoms with Gasteiger partial charge in [0.1, 0.15) is 12.4 Å². The summed E-state index contributed by atoms with van der Waals surface area (Å²) in [5.41, 5.74) is 5.29. The largest absolute Gasteiger partial charge is 0.488 e. The fourth-order valence-electron chi connectivity index (χ4n) is 3.39. The molecule has 1 amide bonds. The van der Waals surface area contributed by atoms with Crippen molar-refractivity contribution in [1.29, 1.82) is 0 Å². The third-order valence-corrected chi connectivity index (χ3v) is 6.10. The molecule has 1 heterocycles. The van der Waals surface area contributed by atoms with Gasteiger partial charge in [-0.25, -0.2) is 0 Å². The first kappa shape index (κ1) is 21.1. The van der Waals surface area contributed by atoms with Gasteiger partial charge in [0.2, 0.25) is 0 Å². The van der Waals surface area contributed by atoms with Crippen LogP contribution in [0.25, 0.3) is 6.08 Å². The predicted octanol–water partition coefficient (Wildman–Crippen LogP) is 5.74. The zero-order valence-corrected chi connectivity index (χ0v) is 18.5. The summed E-state index contributed by atoms with van der Waals surface area (Å²) in [6.07, 6.45) is 2.90. The molecule has 1 aliphatic rings. The molecule has 0 radical (unpaired) electrons. The minimum atomic E-state index is -0.202. The lowest BCUT2D eigenvalue weighted by atomic mass is 10.1. The molecule has 0 bridgehead atoms. The van der Waals surface area contributed by atoms with Gasteiger partial charge in [0.05, 0.1) is 4.91 Å². The summed E-state index contributed by atoms with van der Waals surface area (Å²) >= 11 is 1.48. The van der Waals surface area contributed by atoms with Crippen LogP contribution in [0.5, 0.6) is 5.75 Å². The lowest BCUT2D eigenvalue weighted by Crippen LogP contribution is -2.30. The molecule has 0 unspecified atom stereocenters. The first-order chi connectivity index (χ1) is 15.1. The Morgan fingerprint density at radius 3 is 2.61 bits per heavy atom. The molecule has 3 aromatic carbocycles. The van der Waals surface area contributed by atoms with Crippen LogP contribution in [0, 0.1) is 6.92 Å². The van der Waals surface area contributed by atoms with Crippen LogP contribution in [0.15, 0.2) is 77.7 Å². The molecule has 1 fully saturated rings. The molecule has 31 heavy (non-hydrogen) atoms. The Kier molecular flexibility index (Phi) is 6.63. The molecular weight excluding hydrogens is 404 g/mol. The van der Waals surface area contributed by atoms with Crippen molar-refractivity contribution in [3.05, 3.63) is 100.0 Å². The smallest absolute Gasteiger partial charge is 0.260 e. The Hall–Kier alpha value is -3.18. The van der Waals surface area contributed by atoms with Crippen LogP contribution >= 0.6 is 11.8 Å². The van der Waals surface area contributed by atoms with E-state index in [-0.39, 0.29) is 11.4 Å². The molecule has 1 aliphatic heterocycles. The number of hydrogen-bond acceptors (Lipinski definition) is 4. The highest BCUT2D eigenvalue weighted by Gasteiger charge is 2.27. The fourth-order valence-corrected chi connectivity index (χ4v) is 4.36. The number of ether oxygens (including phenoxy) is 1. The van der Waals surface area contributed by atoms with E-state index in [9.17, 15) is 4.79 Å². The Balaban J connectivity index is 1.44. The SMILES string of the molecule is CCc1ccc(N[C@H]2NC(=O)/C(=C/c3ccccc3OCc3cccc(C)c3)S2)cc1. The first-order valence-electron chi connectivity index (χ1n) is 10.4. The summed E-state index contributed by atoms with van der Waals surface area (Å²) in [5, 5.41) is 6.35. The van der Waals surface area contributed by atoms with Gasteiger partial charge in [-0.2, -0.15) is 0 Å². The van der Waals surface area contributed by atoms with Gasteiger partial charge in [-0.05, 0) is 48.7 Å². The molecule has 5 heteroatoms. The van der Waals surface area contributed by atoms with E-state index >= 15 is 0 Å². The number of aryl methyl sites for hydroxylation is 2. The van der Waals surface area contributed by atoms with Crippen molar-refractivity contribution in [1.82, 2.24) is 5.32 Å². The van der Waals surface area contributed by atoms with Gasteiger partial charge in [-0.1, -0.05) is 78.8 Å². The van der Waals surface area contributed by atoms with Crippen LogP contribution in [0.4, 0.5) is 5.69 Å². The molecule has 4 nitrogen and oxygen atoms in total. The maximum atomic E-state index is 12.5. The predicted molar refractivity (Wildman–Crippen MR) is 129 cm³/mol. The van der Waals surface area contributed by atoms with Gasteiger partial charge in [0.25, 0.3) is 5.91 Å². The van der Waals surface area contributed by atoms with E-state index in [2.05, 4.69) is 54.8 Å². The average Bonchev–Trinajstić information content (AvgIpc) is 3.12. The van der Waals surface area contributed by atoms with E-state index in [1.807, 2.05) is 48.5 Å². The zero-order chi connectivity index (χ0) is 21.6. The van der Waals surface area contributed by atoms with Crippen molar-refractivity contribution in [3.63, 3.8) is 0 Å². The minimum absolute atomic E-state index is 0.0823. The lowest BCUT2D eigenvalue weighted by molar-refractivity contribution is -0.116. The molecule has 4 rings (SSSR count). The van der Waals surface area contributed by atoms with Crippen molar-refractivity contribution < 1.29 is 9.53 Å². The van der Waals surface area contributed by atoms with Crippen molar-refractivity contribution in [2.45, 2.75) is 32.4 Å². The summed E-state index contributed by atoms with van der Waals surface area (Å²) in [6, 6.07) is 24.4. The van der Waals surface area contributed by atoms with E-state index in [1.54, 1.807) is 0 Å². The van der Waals surface area contributed by atoms with Gasteiger partial charge in [0.15, 0.2) is 5.50 Å². The zero-order valence-electron chi connectivity index (χ0n) is 17.7. The van der Waals surface area contributed by atoms with Crippen LogP contribution < -0.4 is 15.4 Å². The average molecular weight is 431 g/mol. The lowest BCUT2D eigenvalue weighted by Gasteiger charge is -2.13. The maximum Gasteiger partial charge on any atom is 0.260 e. The number of carbonyl (C=O) groups excluding carboxylic acids is 1. The highest BCUT2D eigenvalue weighted by Crippen LogP contribution is 2.32. The minimum Gasteiger partial charge on any atom is -0.488 e.